The largest absolute Gasteiger partial charge is 0.491 e. The standard InChI is InChI=1S/C17H22N2O3S/c1-14(22-16-11-9-15(18)10-12-16)6-5-13-19-23(20,21)17-7-3-2-4-8-17/h2-4,7-12,14,19H,5-6,13,18H2,1H3. The van der Waals surface area contributed by atoms with Crippen molar-refractivity contribution in [3.05, 3.63) is 54.6 Å². The number of ether oxygens (including phenoxy) is 1. The van der Waals surface area contributed by atoms with Crippen LogP contribution in [0.4, 0.5) is 5.69 Å². The zero-order valence-corrected chi connectivity index (χ0v) is 13.9. The number of benzene rings is 2. The maximum absolute atomic E-state index is 12.0. The van der Waals surface area contributed by atoms with Crippen LogP contribution in [-0.2, 0) is 10.0 Å². The van der Waals surface area contributed by atoms with E-state index in [9.17, 15) is 8.42 Å². The molecule has 0 aliphatic heterocycles. The van der Waals surface area contributed by atoms with Crippen LogP contribution in [0.5, 0.6) is 5.75 Å². The van der Waals surface area contributed by atoms with Crippen LogP contribution in [0.15, 0.2) is 59.5 Å². The van der Waals surface area contributed by atoms with E-state index in [0.29, 0.717) is 18.7 Å². The van der Waals surface area contributed by atoms with Gasteiger partial charge in [-0.15, -0.1) is 0 Å². The third-order valence-electron chi connectivity index (χ3n) is 3.35. The Morgan fingerprint density at radius 1 is 1.09 bits per heavy atom. The molecule has 0 amide bonds. The molecule has 0 heterocycles. The lowest BCUT2D eigenvalue weighted by Crippen LogP contribution is -2.25. The van der Waals surface area contributed by atoms with Crippen molar-refractivity contribution in [1.29, 1.82) is 0 Å². The van der Waals surface area contributed by atoms with Gasteiger partial charge in [0.1, 0.15) is 5.75 Å². The Morgan fingerprint density at radius 2 is 1.74 bits per heavy atom. The van der Waals surface area contributed by atoms with Crippen molar-refractivity contribution >= 4 is 15.7 Å². The van der Waals surface area contributed by atoms with Gasteiger partial charge in [0.05, 0.1) is 11.0 Å². The predicted molar refractivity (Wildman–Crippen MR) is 91.8 cm³/mol. The lowest BCUT2D eigenvalue weighted by atomic mass is 10.2. The van der Waals surface area contributed by atoms with Gasteiger partial charge in [0.25, 0.3) is 0 Å². The molecule has 0 saturated heterocycles. The number of sulfonamides is 1. The van der Waals surface area contributed by atoms with Gasteiger partial charge in [0, 0.05) is 12.2 Å². The number of nitrogens with two attached hydrogens (primary N) is 1. The van der Waals surface area contributed by atoms with Crippen LogP contribution >= 0.6 is 0 Å². The Kier molecular flexibility index (Phi) is 6.01. The van der Waals surface area contributed by atoms with Gasteiger partial charge in [-0.3, -0.25) is 0 Å². The summed E-state index contributed by atoms with van der Waals surface area (Å²) in [4.78, 5) is 0.283. The van der Waals surface area contributed by atoms with Crippen molar-refractivity contribution in [3.63, 3.8) is 0 Å². The molecular formula is C17H22N2O3S. The first-order valence-electron chi connectivity index (χ1n) is 7.54. The maximum Gasteiger partial charge on any atom is 0.240 e. The van der Waals surface area contributed by atoms with Gasteiger partial charge in [-0.1, -0.05) is 18.2 Å². The zero-order valence-electron chi connectivity index (χ0n) is 13.1. The van der Waals surface area contributed by atoms with E-state index >= 15 is 0 Å². The molecule has 3 N–H and O–H groups in total. The van der Waals surface area contributed by atoms with Crippen molar-refractivity contribution < 1.29 is 13.2 Å². The minimum absolute atomic E-state index is 0.000135. The minimum Gasteiger partial charge on any atom is -0.491 e. The summed E-state index contributed by atoms with van der Waals surface area (Å²) >= 11 is 0. The van der Waals surface area contributed by atoms with Gasteiger partial charge in [-0.25, -0.2) is 13.1 Å². The van der Waals surface area contributed by atoms with Crippen LogP contribution in [0.2, 0.25) is 0 Å². The number of hydrogen-bond acceptors (Lipinski definition) is 4. The van der Waals surface area contributed by atoms with E-state index in [4.69, 9.17) is 10.5 Å². The highest BCUT2D eigenvalue weighted by atomic mass is 32.2. The molecule has 2 aromatic carbocycles. The van der Waals surface area contributed by atoms with Gasteiger partial charge in [0.2, 0.25) is 10.0 Å². The second-order valence-electron chi connectivity index (χ2n) is 5.35. The molecule has 5 nitrogen and oxygen atoms in total. The van der Waals surface area contributed by atoms with Gasteiger partial charge < -0.3 is 10.5 Å². The van der Waals surface area contributed by atoms with Crippen LogP contribution in [0.25, 0.3) is 0 Å². The summed E-state index contributed by atoms with van der Waals surface area (Å²) in [7, 11) is -3.43. The van der Waals surface area contributed by atoms with E-state index in [2.05, 4.69) is 4.72 Å². The summed E-state index contributed by atoms with van der Waals surface area (Å²) in [6.07, 6.45) is 1.45. The smallest absolute Gasteiger partial charge is 0.240 e. The van der Waals surface area contributed by atoms with E-state index in [0.717, 1.165) is 12.2 Å². The van der Waals surface area contributed by atoms with Crippen molar-refractivity contribution in [2.45, 2.75) is 30.8 Å². The summed E-state index contributed by atoms with van der Waals surface area (Å²) in [5.41, 5.74) is 6.32. The third-order valence-corrected chi connectivity index (χ3v) is 4.83. The average Bonchev–Trinajstić information content (AvgIpc) is 2.55. The molecule has 0 aliphatic rings. The number of nitrogen functional groups attached to an aromatic ring is 1. The molecule has 0 saturated carbocycles. The Hall–Kier alpha value is -2.05. The highest BCUT2D eigenvalue weighted by Gasteiger charge is 2.12. The normalized spacial score (nSPS) is 12.7. The van der Waals surface area contributed by atoms with Crippen LogP contribution in [0.3, 0.4) is 0 Å². The Labute approximate surface area is 137 Å². The van der Waals surface area contributed by atoms with Gasteiger partial charge in [-0.05, 0) is 56.2 Å². The molecular weight excluding hydrogens is 312 g/mol. The summed E-state index contributed by atoms with van der Waals surface area (Å²) in [6, 6.07) is 15.6. The summed E-state index contributed by atoms with van der Waals surface area (Å²) < 4.78 is 32.4. The van der Waals surface area contributed by atoms with Gasteiger partial charge in [0.15, 0.2) is 0 Å². The molecule has 0 fully saturated rings. The third kappa shape index (κ3) is 5.58. The van der Waals surface area contributed by atoms with Gasteiger partial charge >= 0.3 is 0 Å². The lowest BCUT2D eigenvalue weighted by Gasteiger charge is -2.15. The fourth-order valence-electron chi connectivity index (χ4n) is 2.12. The lowest BCUT2D eigenvalue weighted by molar-refractivity contribution is 0.208. The zero-order chi connectivity index (χ0) is 16.7. The quantitative estimate of drug-likeness (QED) is 0.574. The van der Waals surface area contributed by atoms with E-state index in [-0.39, 0.29) is 11.0 Å². The molecule has 1 atom stereocenters. The second-order valence-corrected chi connectivity index (χ2v) is 7.12. The maximum atomic E-state index is 12.0. The second kappa shape index (κ2) is 7.99. The van der Waals surface area contributed by atoms with Crippen molar-refractivity contribution in [1.82, 2.24) is 4.72 Å². The minimum atomic E-state index is -3.43. The summed E-state index contributed by atoms with van der Waals surface area (Å²) in [5, 5.41) is 0. The summed E-state index contributed by atoms with van der Waals surface area (Å²) in [6.45, 7) is 2.34. The highest BCUT2D eigenvalue weighted by Crippen LogP contribution is 2.16. The first kappa shape index (κ1) is 17.3. The van der Waals surface area contributed by atoms with Crippen molar-refractivity contribution in [2.75, 3.05) is 12.3 Å². The molecule has 23 heavy (non-hydrogen) atoms. The topological polar surface area (TPSA) is 81.4 Å². The van der Waals surface area contributed by atoms with Crippen molar-refractivity contribution in [3.8, 4) is 5.75 Å². The fourth-order valence-corrected chi connectivity index (χ4v) is 3.21. The number of anilines is 1. The molecule has 0 bridgehead atoms. The Balaban J connectivity index is 1.73. The van der Waals surface area contributed by atoms with Crippen LogP contribution in [0.1, 0.15) is 19.8 Å². The predicted octanol–water partition coefficient (Wildman–Crippen LogP) is 2.79. The van der Waals surface area contributed by atoms with E-state index in [1.807, 2.05) is 19.1 Å². The average molecular weight is 334 g/mol. The van der Waals surface area contributed by atoms with Crippen LogP contribution in [-0.4, -0.2) is 21.1 Å². The summed E-state index contributed by atoms with van der Waals surface area (Å²) in [5.74, 6) is 0.761. The number of hydrogen-bond donors (Lipinski definition) is 2. The first-order chi connectivity index (χ1) is 11.0. The number of rotatable bonds is 8. The fraction of sp³-hybridized carbons (Fsp3) is 0.294. The SMILES string of the molecule is CC(CCCNS(=O)(=O)c1ccccc1)Oc1ccc(N)cc1. The molecule has 1 unspecified atom stereocenters. The first-order valence-corrected chi connectivity index (χ1v) is 9.02. The molecule has 124 valence electrons. The molecule has 2 aromatic rings. The molecule has 0 aromatic heterocycles. The molecule has 0 aliphatic carbocycles. The molecule has 0 spiro atoms. The highest BCUT2D eigenvalue weighted by molar-refractivity contribution is 7.89. The van der Waals surface area contributed by atoms with E-state index in [1.54, 1.807) is 42.5 Å². The van der Waals surface area contributed by atoms with E-state index in [1.165, 1.54) is 0 Å². The van der Waals surface area contributed by atoms with E-state index < -0.39 is 10.0 Å². The van der Waals surface area contributed by atoms with Crippen LogP contribution in [0, 0.1) is 0 Å². The monoisotopic (exact) mass is 334 g/mol. The van der Waals surface area contributed by atoms with Gasteiger partial charge in [-0.2, -0.15) is 0 Å². The number of nitrogens with one attached hydrogen (secondary N) is 1. The Morgan fingerprint density at radius 3 is 2.39 bits per heavy atom. The Bertz CT molecular complexity index is 700. The molecule has 2 rings (SSSR count). The van der Waals surface area contributed by atoms with Crippen molar-refractivity contribution in [2.24, 2.45) is 0 Å². The van der Waals surface area contributed by atoms with Crippen LogP contribution < -0.4 is 15.2 Å². The molecule has 6 heteroatoms. The molecule has 0 radical (unpaired) electrons.